The van der Waals surface area contributed by atoms with Crippen LogP contribution in [0.15, 0.2) is 10.9 Å². The molecule has 3 nitrogen and oxygen atoms in total. The van der Waals surface area contributed by atoms with E-state index in [0.717, 1.165) is 12.2 Å². The van der Waals surface area contributed by atoms with E-state index in [9.17, 15) is 4.79 Å². The van der Waals surface area contributed by atoms with E-state index in [4.69, 9.17) is 11.6 Å². The third-order valence-corrected chi connectivity index (χ3v) is 1.88. The third-order valence-electron chi connectivity index (χ3n) is 1.69. The first-order chi connectivity index (χ1) is 5.69. The van der Waals surface area contributed by atoms with Crippen LogP contribution in [0.25, 0.3) is 0 Å². The number of halogens is 1. The van der Waals surface area contributed by atoms with E-state index in [-0.39, 0.29) is 10.7 Å². The third kappa shape index (κ3) is 1.67. The Balaban J connectivity index is 3.34. The van der Waals surface area contributed by atoms with Crippen molar-refractivity contribution < 1.29 is 0 Å². The predicted octanol–water partition coefficient (Wildman–Crippen LogP) is 1.48. The lowest BCUT2D eigenvalue weighted by molar-refractivity contribution is 0.652. The Hall–Kier alpha value is -0.830. The highest BCUT2D eigenvalue weighted by Gasteiger charge is 2.02. The lowest BCUT2D eigenvalue weighted by atomic mass is 10.4. The van der Waals surface area contributed by atoms with Gasteiger partial charge in [-0.05, 0) is 6.92 Å². The van der Waals surface area contributed by atoms with Gasteiger partial charge < -0.3 is 0 Å². The Morgan fingerprint density at radius 1 is 1.58 bits per heavy atom. The molecule has 1 aromatic rings. The lowest BCUT2D eigenvalue weighted by Crippen LogP contribution is -2.23. The zero-order valence-electron chi connectivity index (χ0n) is 7.17. The van der Waals surface area contributed by atoms with Crippen LogP contribution in [-0.2, 0) is 13.0 Å². The van der Waals surface area contributed by atoms with E-state index in [2.05, 4.69) is 4.98 Å². The number of aromatic nitrogens is 2. The van der Waals surface area contributed by atoms with Crippen molar-refractivity contribution in [2.75, 3.05) is 0 Å². The summed E-state index contributed by atoms with van der Waals surface area (Å²) in [7, 11) is 0. The highest BCUT2D eigenvalue weighted by Crippen LogP contribution is 2.02. The van der Waals surface area contributed by atoms with E-state index in [1.165, 1.54) is 6.07 Å². The van der Waals surface area contributed by atoms with Gasteiger partial charge in [0, 0.05) is 19.0 Å². The normalized spacial score (nSPS) is 10.2. The van der Waals surface area contributed by atoms with Gasteiger partial charge in [0.15, 0.2) is 0 Å². The first-order valence-corrected chi connectivity index (χ1v) is 4.33. The smallest absolute Gasteiger partial charge is 0.254 e. The molecule has 0 aliphatic rings. The molecule has 1 heterocycles. The van der Waals surface area contributed by atoms with Gasteiger partial charge in [-0.25, -0.2) is 4.98 Å². The summed E-state index contributed by atoms with van der Waals surface area (Å²) in [5.74, 6) is 0.745. The van der Waals surface area contributed by atoms with E-state index < -0.39 is 0 Å². The van der Waals surface area contributed by atoms with Crippen LogP contribution in [0.2, 0.25) is 5.15 Å². The molecule has 0 saturated heterocycles. The SMILES string of the molecule is CCc1nc(Cl)cc(=O)n1CC. The second-order valence-electron chi connectivity index (χ2n) is 2.43. The Morgan fingerprint density at radius 3 is 2.75 bits per heavy atom. The Kier molecular flexibility index (Phi) is 2.87. The monoisotopic (exact) mass is 186 g/mol. The van der Waals surface area contributed by atoms with Crippen LogP contribution in [0.5, 0.6) is 0 Å². The van der Waals surface area contributed by atoms with Gasteiger partial charge in [-0.3, -0.25) is 9.36 Å². The Bertz CT molecular complexity index is 332. The standard InChI is InChI=1S/C8H11ClN2O/c1-3-7-10-6(9)5-8(12)11(7)4-2/h5H,3-4H2,1-2H3. The van der Waals surface area contributed by atoms with E-state index >= 15 is 0 Å². The molecule has 0 unspecified atom stereocenters. The zero-order valence-corrected chi connectivity index (χ0v) is 7.93. The fraction of sp³-hybridized carbons (Fsp3) is 0.500. The molecule has 0 N–H and O–H groups in total. The van der Waals surface area contributed by atoms with Gasteiger partial charge in [0.05, 0.1) is 0 Å². The van der Waals surface area contributed by atoms with Gasteiger partial charge in [-0.1, -0.05) is 18.5 Å². The summed E-state index contributed by atoms with van der Waals surface area (Å²) >= 11 is 5.63. The van der Waals surface area contributed by atoms with E-state index in [0.29, 0.717) is 6.54 Å². The average molecular weight is 187 g/mol. The van der Waals surface area contributed by atoms with Crippen LogP contribution in [0, 0.1) is 0 Å². The second kappa shape index (κ2) is 3.72. The molecule has 0 radical (unpaired) electrons. The molecule has 1 aromatic heterocycles. The highest BCUT2D eigenvalue weighted by atomic mass is 35.5. The van der Waals surface area contributed by atoms with Gasteiger partial charge in [0.1, 0.15) is 11.0 Å². The molecule has 0 amide bonds. The zero-order chi connectivity index (χ0) is 9.14. The maximum Gasteiger partial charge on any atom is 0.254 e. The quantitative estimate of drug-likeness (QED) is 0.656. The molecule has 0 spiro atoms. The molecule has 12 heavy (non-hydrogen) atoms. The van der Waals surface area contributed by atoms with Crippen LogP contribution in [0.4, 0.5) is 0 Å². The molecule has 4 heteroatoms. The molecule has 66 valence electrons. The first kappa shape index (κ1) is 9.26. The van der Waals surface area contributed by atoms with Crippen molar-refractivity contribution in [1.29, 1.82) is 0 Å². The molecule has 0 aliphatic carbocycles. The van der Waals surface area contributed by atoms with Crippen molar-refractivity contribution in [1.82, 2.24) is 9.55 Å². The fourth-order valence-corrected chi connectivity index (χ4v) is 1.32. The summed E-state index contributed by atoms with van der Waals surface area (Å²) in [6.45, 7) is 4.51. The fourth-order valence-electron chi connectivity index (χ4n) is 1.13. The van der Waals surface area contributed by atoms with Gasteiger partial charge in [0.25, 0.3) is 5.56 Å². The summed E-state index contributed by atoms with van der Waals surface area (Å²) in [6.07, 6.45) is 0.726. The molecule has 0 aromatic carbocycles. The van der Waals surface area contributed by atoms with Crippen LogP contribution in [0.3, 0.4) is 0 Å². The summed E-state index contributed by atoms with van der Waals surface area (Å²) in [4.78, 5) is 15.3. The van der Waals surface area contributed by atoms with Gasteiger partial charge in [-0.2, -0.15) is 0 Å². The summed E-state index contributed by atoms with van der Waals surface area (Å²) < 4.78 is 1.62. The number of aryl methyl sites for hydroxylation is 1. The molecular formula is C8H11ClN2O. The number of rotatable bonds is 2. The minimum Gasteiger partial charge on any atom is -0.297 e. The Morgan fingerprint density at radius 2 is 2.25 bits per heavy atom. The number of hydrogen-bond donors (Lipinski definition) is 0. The minimum absolute atomic E-state index is 0.0747. The number of nitrogens with zero attached hydrogens (tertiary/aromatic N) is 2. The second-order valence-corrected chi connectivity index (χ2v) is 2.82. The van der Waals surface area contributed by atoms with Crippen molar-refractivity contribution in [2.24, 2.45) is 0 Å². The van der Waals surface area contributed by atoms with Gasteiger partial charge in [-0.15, -0.1) is 0 Å². The van der Waals surface area contributed by atoms with Crippen molar-refractivity contribution in [3.8, 4) is 0 Å². The number of hydrogen-bond acceptors (Lipinski definition) is 2. The summed E-state index contributed by atoms with van der Waals surface area (Å²) in [6, 6.07) is 1.34. The molecule has 0 saturated carbocycles. The maximum absolute atomic E-state index is 11.3. The molecular weight excluding hydrogens is 176 g/mol. The predicted molar refractivity (Wildman–Crippen MR) is 48.6 cm³/mol. The molecule has 1 rings (SSSR count). The molecule has 0 aliphatic heterocycles. The highest BCUT2D eigenvalue weighted by molar-refractivity contribution is 6.29. The average Bonchev–Trinajstić information content (AvgIpc) is 2.03. The van der Waals surface area contributed by atoms with Crippen LogP contribution in [-0.4, -0.2) is 9.55 Å². The van der Waals surface area contributed by atoms with Gasteiger partial charge in [0.2, 0.25) is 0 Å². The van der Waals surface area contributed by atoms with Gasteiger partial charge >= 0.3 is 0 Å². The topological polar surface area (TPSA) is 34.9 Å². The minimum atomic E-state index is -0.0747. The maximum atomic E-state index is 11.3. The van der Waals surface area contributed by atoms with Crippen molar-refractivity contribution in [2.45, 2.75) is 26.8 Å². The van der Waals surface area contributed by atoms with Crippen LogP contribution < -0.4 is 5.56 Å². The van der Waals surface area contributed by atoms with Crippen LogP contribution in [0.1, 0.15) is 19.7 Å². The van der Waals surface area contributed by atoms with Crippen molar-refractivity contribution in [3.05, 3.63) is 27.4 Å². The summed E-state index contributed by atoms with van der Waals surface area (Å²) in [5.41, 5.74) is -0.0747. The molecule has 0 bridgehead atoms. The first-order valence-electron chi connectivity index (χ1n) is 3.95. The lowest BCUT2D eigenvalue weighted by Gasteiger charge is -2.06. The van der Waals surface area contributed by atoms with E-state index in [1.807, 2.05) is 13.8 Å². The van der Waals surface area contributed by atoms with E-state index in [1.54, 1.807) is 4.57 Å². The van der Waals surface area contributed by atoms with Crippen molar-refractivity contribution in [3.63, 3.8) is 0 Å². The largest absolute Gasteiger partial charge is 0.297 e. The van der Waals surface area contributed by atoms with Crippen LogP contribution >= 0.6 is 11.6 Å². The van der Waals surface area contributed by atoms with Crippen molar-refractivity contribution >= 4 is 11.6 Å². The molecule has 0 fully saturated rings. The summed E-state index contributed by atoms with van der Waals surface area (Å²) in [5, 5.41) is 0.279. The Labute approximate surface area is 76.0 Å². The molecule has 0 atom stereocenters.